The summed E-state index contributed by atoms with van der Waals surface area (Å²) in [4.78, 5) is -1.29. The van der Waals surface area contributed by atoms with Crippen LogP contribution in [0.5, 0.6) is 0 Å². The van der Waals surface area contributed by atoms with Crippen LogP contribution in [0.1, 0.15) is 0 Å². The number of hydrogen-bond donors (Lipinski definition) is 1. The molecule has 1 aromatic carbocycles. The van der Waals surface area contributed by atoms with Gasteiger partial charge in [-0.1, -0.05) is 0 Å². The number of benzene rings is 1. The molecule has 0 heterocycles. The van der Waals surface area contributed by atoms with E-state index < -0.39 is 32.5 Å². The van der Waals surface area contributed by atoms with Gasteiger partial charge < -0.3 is 0 Å². The Morgan fingerprint density at radius 2 is 1.46 bits per heavy atom. The molecule has 1 aromatic rings. The van der Waals surface area contributed by atoms with Gasteiger partial charge in [0, 0.05) is 12.1 Å². The predicted octanol–water partition coefficient (Wildman–Crippen LogP) is 1.35. The Morgan fingerprint density at radius 1 is 1.00 bits per heavy atom. The third kappa shape index (κ3) is 1.99. The summed E-state index contributed by atoms with van der Waals surface area (Å²) in [5.41, 5.74) is 0. The molecule has 1 rings (SSSR count). The third-order valence-electron chi connectivity index (χ3n) is 1.25. The van der Waals surface area contributed by atoms with Crippen molar-refractivity contribution in [1.29, 1.82) is 0 Å². The van der Waals surface area contributed by atoms with Gasteiger partial charge in [-0.25, -0.2) is 13.2 Å². The first-order chi connectivity index (χ1) is 5.82. The van der Waals surface area contributed by atoms with Crippen LogP contribution in [0, 0.1) is 17.5 Å². The Morgan fingerprint density at radius 3 is 1.92 bits per heavy atom. The molecular formula is C6H3F3O3S. The lowest BCUT2D eigenvalue weighted by atomic mass is 10.3. The second kappa shape index (κ2) is 3.00. The van der Waals surface area contributed by atoms with E-state index in [4.69, 9.17) is 4.55 Å². The van der Waals surface area contributed by atoms with E-state index in [9.17, 15) is 21.6 Å². The van der Waals surface area contributed by atoms with E-state index in [2.05, 4.69) is 0 Å². The van der Waals surface area contributed by atoms with Crippen molar-refractivity contribution in [3.63, 3.8) is 0 Å². The van der Waals surface area contributed by atoms with Crippen LogP contribution in [-0.2, 0) is 10.1 Å². The fourth-order valence-electron chi connectivity index (χ4n) is 0.702. The van der Waals surface area contributed by atoms with E-state index >= 15 is 0 Å². The molecule has 0 spiro atoms. The summed E-state index contributed by atoms with van der Waals surface area (Å²) < 4.78 is 66.2. The highest BCUT2D eigenvalue weighted by Crippen LogP contribution is 2.17. The largest absolute Gasteiger partial charge is 0.297 e. The third-order valence-corrected chi connectivity index (χ3v) is 2.12. The van der Waals surface area contributed by atoms with Gasteiger partial charge in [0.25, 0.3) is 10.1 Å². The molecule has 0 aliphatic heterocycles. The lowest BCUT2D eigenvalue weighted by molar-refractivity contribution is 0.457. The Hall–Kier alpha value is -1.08. The maximum Gasteiger partial charge on any atom is 0.297 e. The van der Waals surface area contributed by atoms with Gasteiger partial charge in [-0.2, -0.15) is 8.42 Å². The normalized spacial score (nSPS) is 11.7. The quantitative estimate of drug-likeness (QED) is 0.564. The summed E-state index contributed by atoms with van der Waals surface area (Å²) in [5, 5.41) is 0. The van der Waals surface area contributed by atoms with Crippen molar-refractivity contribution in [3.05, 3.63) is 29.6 Å². The standard InChI is InChI=1S/C6H3F3O3S/c7-3-1-5(9)6(2-4(3)8)13(10,11)12/h1-2H,(H,10,11,12). The van der Waals surface area contributed by atoms with Gasteiger partial charge in [0.1, 0.15) is 10.7 Å². The Kier molecular flexibility index (Phi) is 2.31. The van der Waals surface area contributed by atoms with Gasteiger partial charge in [-0.3, -0.25) is 4.55 Å². The highest BCUT2D eigenvalue weighted by Gasteiger charge is 2.19. The predicted molar refractivity (Wildman–Crippen MR) is 36.1 cm³/mol. The topological polar surface area (TPSA) is 54.4 Å². The van der Waals surface area contributed by atoms with Crippen molar-refractivity contribution < 1.29 is 26.1 Å². The first-order valence-electron chi connectivity index (χ1n) is 2.94. The van der Waals surface area contributed by atoms with Crippen LogP contribution in [-0.4, -0.2) is 13.0 Å². The number of rotatable bonds is 1. The van der Waals surface area contributed by atoms with Crippen molar-refractivity contribution in [1.82, 2.24) is 0 Å². The summed E-state index contributed by atoms with van der Waals surface area (Å²) in [6, 6.07) is 0.110. The van der Waals surface area contributed by atoms with Crippen LogP contribution in [0.2, 0.25) is 0 Å². The minimum absolute atomic E-state index is 0.0401. The second-order valence-electron chi connectivity index (χ2n) is 2.17. The molecule has 0 unspecified atom stereocenters. The fourth-order valence-corrected chi connectivity index (χ4v) is 1.26. The molecule has 0 saturated heterocycles. The van der Waals surface area contributed by atoms with Crippen molar-refractivity contribution in [3.8, 4) is 0 Å². The van der Waals surface area contributed by atoms with E-state index in [1.807, 2.05) is 0 Å². The molecule has 0 aliphatic rings. The minimum Gasteiger partial charge on any atom is -0.282 e. The Labute approximate surface area is 71.6 Å². The Balaban J connectivity index is 3.50. The van der Waals surface area contributed by atoms with Crippen LogP contribution in [0.4, 0.5) is 13.2 Å². The lowest BCUT2D eigenvalue weighted by Gasteiger charge is -1.99. The van der Waals surface area contributed by atoms with Crippen LogP contribution in [0.15, 0.2) is 17.0 Å². The zero-order valence-electron chi connectivity index (χ0n) is 5.96. The SMILES string of the molecule is O=S(=O)(O)c1cc(F)c(F)cc1F. The molecular weight excluding hydrogens is 209 g/mol. The van der Waals surface area contributed by atoms with Crippen LogP contribution in [0.25, 0.3) is 0 Å². The van der Waals surface area contributed by atoms with Crippen molar-refractivity contribution in [2.24, 2.45) is 0 Å². The minimum atomic E-state index is -4.85. The van der Waals surface area contributed by atoms with Crippen molar-refractivity contribution >= 4 is 10.1 Å². The Bertz CT molecular complexity index is 441. The average molecular weight is 212 g/mol. The van der Waals surface area contributed by atoms with Gasteiger partial charge >= 0.3 is 0 Å². The van der Waals surface area contributed by atoms with Gasteiger partial charge in [0.15, 0.2) is 11.6 Å². The molecule has 3 nitrogen and oxygen atoms in total. The molecule has 0 aromatic heterocycles. The smallest absolute Gasteiger partial charge is 0.282 e. The monoisotopic (exact) mass is 212 g/mol. The first-order valence-corrected chi connectivity index (χ1v) is 4.38. The number of halogens is 3. The fraction of sp³-hybridized carbons (Fsp3) is 0. The molecule has 7 heteroatoms. The van der Waals surface area contributed by atoms with E-state index in [1.54, 1.807) is 0 Å². The summed E-state index contributed by atoms with van der Waals surface area (Å²) >= 11 is 0. The maximum absolute atomic E-state index is 12.6. The molecule has 0 bridgehead atoms. The zero-order valence-corrected chi connectivity index (χ0v) is 6.78. The molecule has 1 N–H and O–H groups in total. The van der Waals surface area contributed by atoms with Gasteiger partial charge in [0.05, 0.1) is 0 Å². The molecule has 0 radical (unpaired) electrons. The number of hydrogen-bond acceptors (Lipinski definition) is 2. The average Bonchev–Trinajstić information content (AvgIpc) is 1.94. The van der Waals surface area contributed by atoms with E-state index in [1.165, 1.54) is 0 Å². The molecule has 13 heavy (non-hydrogen) atoms. The summed E-state index contributed by atoms with van der Waals surface area (Å²) in [7, 11) is -4.85. The highest BCUT2D eigenvalue weighted by atomic mass is 32.2. The molecule has 0 aliphatic carbocycles. The van der Waals surface area contributed by atoms with Crippen molar-refractivity contribution in [2.75, 3.05) is 0 Å². The zero-order chi connectivity index (χ0) is 10.2. The summed E-state index contributed by atoms with van der Waals surface area (Å²) in [6.45, 7) is 0. The lowest BCUT2D eigenvalue weighted by Crippen LogP contribution is -2.03. The summed E-state index contributed by atoms with van der Waals surface area (Å²) in [6.07, 6.45) is 0. The molecule has 0 atom stereocenters. The molecule has 0 saturated carbocycles. The maximum atomic E-state index is 12.6. The first kappa shape index (κ1) is 10.0. The van der Waals surface area contributed by atoms with Crippen LogP contribution in [0.3, 0.4) is 0 Å². The molecule has 0 fully saturated rings. The van der Waals surface area contributed by atoms with Gasteiger partial charge in [-0.15, -0.1) is 0 Å². The van der Waals surface area contributed by atoms with E-state index in [0.717, 1.165) is 0 Å². The van der Waals surface area contributed by atoms with Crippen LogP contribution >= 0.6 is 0 Å². The van der Waals surface area contributed by atoms with Gasteiger partial charge in [-0.05, 0) is 0 Å². The summed E-state index contributed by atoms with van der Waals surface area (Å²) in [5.74, 6) is -4.61. The molecule has 72 valence electrons. The van der Waals surface area contributed by atoms with Gasteiger partial charge in [0.2, 0.25) is 0 Å². The second-order valence-corrected chi connectivity index (χ2v) is 3.56. The molecule has 0 amide bonds. The highest BCUT2D eigenvalue weighted by molar-refractivity contribution is 7.85. The van der Waals surface area contributed by atoms with E-state index in [-0.39, 0.29) is 12.1 Å². The van der Waals surface area contributed by atoms with E-state index in [0.29, 0.717) is 0 Å². The van der Waals surface area contributed by atoms with Crippen molar-refractivity contribution in [2.45, 2.75) is 4.90 Å². The van der Waals surface area contributed by atoms with Crippen LogP contribution < -0.4 is 0 Å².